The summed E-state index contributed by atoms with van der Waals surface area (Å²) in [4.78, 5) is 63.3. The van der Waals surface area contributed by atoms with Gasteiger partial charge >= 0.3 is 0 Å². The number of hydrogen-bond donors (Lipinski definition) is 0. The van der Waals surface area contributed by atoms with Gasteiger partial charge in [-0.15, -0.1) is 0 Å². The Balaban J connectivity index is 1.46. The molecule has 7 heteroatoms. The molecular weight excluding hydrogens is 526 g/mol. The molecule has 0 spiro atoms. The van der Waals surface area contributed by atoms with Gasteiger partial charge in [0.1, 0.15) is 0 Å². The summed E-state index contributed by atoms with van der Waals surface area (Å²) in [6.07, 6.45) is 0. The van der Waals surface area contributed by atoms with Crippen molar-refractivity contribution in [2.24, 2.45) is 23.7 Å². The van der Waals surface area contributed by atoms with Crippen LogP contribution in [0.15, 0.2) is 121 Å². The van der Waals surface area contributed by atoms with Gasteiger partial charge in [0.25, 0.3) is 0 Å². The number of para-hydroxylation sites is 2. The molecule has 4 heterocycles. The number of rotatable bonds is 4. The van der Waals surface area contributed by atoms with Crippen LogP contribution < -0.4 is 9.80 Å². The van der Waals surface area contributed by atoms with Crippen molar-refractivity contribution in [3.8, 4) is 0 Å². The number of hydrogen-bond acceptors (Lipinski definition) is 5. The normalized spacial score (nSPS) is 31.6. The summed E-state index contributed by atoms with van der Waals surface area (Å²) in [6, 6.07) is 36.9. The van der Waals surface area contributed by atoms with Gasteiger partial charge in [-0.1, -0.05) is 97.1 Å². The maximum Gasteiger partial charge on any atom is 0.240 e. The SMILES string of the molecule is CN1C2(c3ccccc3)[C@@H]3C(=O)N(c4ccccc4)C(=O)[C@@H]3C1(c1ccccc1)[C@H]1C(=O)N(c3ccccc3)C(=O)[C@@H]12. The van der Waals surface area contributed by atoms with E-state index in [0.29, 0.717) is 11.4 Å². The Bertz CT molecular complexity index is 1580. The van der Waals surface area contributed by atoms with Crippen LogP contribution in [0.5, 0.6) is 0 Å². The number of carbonyl (C=O) groups is 4. The fourth-order valence-corrected chi connectivity index (χ4v) is 8.82. The molecule has 42 heavy (non-hydrogen) atoms. The van der Waals surface area contributed by atoms with Crippen molar-refractivity contribution in [2.45, 2.75) is 11.1 Å². The molecule has 2 unspecified atom stereocenters. The van der Waals surface area contributed by atoms with Gasteiger partial charge in [-0.3, -0.25) is 24.1 Å². The zero-order chi connectivity index (χ0) is 28.8. The van der Waals surface area contributed by atoms with Gasteiger partial charge < -0.3 is 0 Å². The Labute approximate surface area is 243 Å². The molecule has 0 aromatic heterocycles. The van der Waals surface area contributed by atoms with Gasteiger partial charge in [0.15, 0.2) is 0 Å². The van der Waals surface area contributed by atoms with Crippen molar-refractivity contribution in [1.29, 1.82) is 0 Å². The molecule has 4 aromatic rings. The highest BCUT2D eigenvalue weighted by Crippen LogP contribution is 2.75. The summed E-state index contributed by atoms with van der Waals surface area (Å²) in [5.41, 5.74) is 0.00544. The highest BCUT2D eigenvalue weighted by atomic mass is 16.2. The predicted molar refractivity (Wildman–Crippen MR) is 156 cm³/mol. The second-order valence-electron chi connectivity index (χ2n) is 11.5. The summed E-state index contributed by atoms with van der Waals surface area (Å²) in [7, 11) is 1.89. The minimum Gasteiger partial charge on any atom is -0.284 e. The first kappa shape index (κ1) is 24.9. The van der Waals surface area contributed by atoms with E-state index >= 15 is 0 Å². The van der Waals surface area contributed by atoms with Gasteiger partial charge in [-0.05, 0) is 42.4 Å². The molecule has 7 nitrogen and oxygen atoms in total. The lowest BCUT2D eigenvalue weighted by Crippen LogP contribution is -2.53. The van der Waals surface area contributed by atoms with Gasteiger partial charge in [0.05, 0.1) is 46.1 Å². The van der Waals surface area contributed by atoms with Crippen LogP contribution in [0.2, 0.25) is 0 Å². The van der Waals surface area contributed by atoms with Crippen LogP contribution >= 0.6 is 0 Å². The highest BCUT2D eigenvalue weighted by molar-refractivity contribution is 6.28. The Morgan fingerprint density at radius 3 is 0.976 bits per heavy atom. The lowest BCUT2D eigenvalue weighted by molar-refractivity contribution is -0.133. The van der Waals surface area contributed by atoms with Gasteiger partial charge in [0.2, 0.25) is 23.6 Å². The van der Waals surface area contributed by atoms with Crippen molar-refractivity contribution < 1.29 is 19.2 Å². The smallest absolute Gasteiger partial charge is 0.240 e. The number of nitrogens with zero attached hydrogens (tertiary/aromatic N) is 3. The average molecular weight is 554 g/mol. The van der Waals surface area contributed by atoms with Gasteiger partial charge in [0, 0.05) is 0 Å². The van der Waals surface area contributed by atoms with Crippen molar-refractivity contribution >= 4 is 35.0 Å². The van der Waals surface area contributed by atoms with E-state index in [1.165, 1.54) is 9.80 Å². The largest absolute Gasteiger partial charge is 0.284 e. The Kier molecular flexibility index (Phi) is 5.07. The monoisotopic (exact) mass is 553 g/mol. The van der Waals surface area contributed by atoms with Crippen LogP contribution in [0.1, 0.15) is 11.1 Å². The second kappa shape index (κ2) is 8.57. The maximum absolute atomic E-state index is 14.7. The minimum absolute atomic E-state index is 0.346. The van der Waals surface area contributed by atoms with Crippen LogP contribution in [0.4, 0.5) is 11.4 Å². The third-order valence-electron chi connectivity index (χ3n) is 10.1. The Morgan fingerprint density at radius 2 is 0.690 bits per heavy atom. The fourth-order valence-electron chi connectivity index (χ4n) is 8.82. The average Bonchev–Trinajstić information content (AvgIpc) is 3.64. The van der Waals surface area contributed by atoms with E-state index < -0.39 is 34.7 Å². The molecule has 4 saturated heterocycles. The molecule has 4 aliphatic heterocycles. The van der Waals surface area contributed by atoms with E-state index in [4.69, 9.17) is 0 Å². The molecule has 4 aliphatic rings. The molecule has 0 aliphatic carbocycles. The van der Waals surface area contributed by atoms with E-state index in [9.17, 15) is 19.2 Å². The number of benzene rings is 4. The Hall–Kier alpha value is -4.88. The molecule has 206 valence electrons. The number of fused-ring (bicyclic) bond motifs is 8. The second-order valence-corrected chi connectivity index (χ2v) is 11.5. The first-order valence-corrected chi connectivity index (χ1v) is 14.2. The molecule has 4 aromatic carbocycles. The number of carbonyl (C=O) groups excluding carboxylic acids is 4. The lowest BCUT2D eigenvalue weighted by atomic mass is 9.55. The van der Waals surface area contributed by atoms with E-state index in [1.807, 2.05) is 84.7 Å². The maximum atomic E-state index is 14.7. The van der Waals surface area contributed by atoms with E-state index in [1.54, 1.807) is 48.5 Å². The molecule has 4 amide bonds. The van der Waals surface area contributed by atoms with Crippen molar-refractivity contribution in [3.63, 3.8) is 0 Å². The fraction of sp³-hybridized carbons (Fsp3) is 0.200. The van der Waals surface area contributed by atoms with Crippen LogP contribution in [0, 0.1) is 23.7 Å². The first-order valence-electron chi connectivity index (χ1n) is 14.2. The topological polar surface area (TPSA) is 78.0 Å². The van der Waals surface area contributed by atoms with E-state index in [-0.39, 0.29) is 23.6 Å². The van der Waals surface area contributed by atoms with E-state index in [2.05, 4.69) is 0 Å². The molecule has 4 fully saturated rings. The highest BCUT2D eigenvalue weighted by Gasteiger charge is 2.88. The quantitative estimate of drug-likeness (QED) is 0.351. The number of amides is 4. The zero-order valence-electron chi connectivity index (χ0n) is 22.8. The van der Waals surface area contributed by atoms with Gasteiger partial charge in [-0.2, -0.15) is 0 Å². The molecule has 0 saturated carbocycles. The summed E-state index contributed by atoms with van der Waals surface area (Å²) in [6.45, 7) is 0. The van der Waals surface area contributed by atoms with Crippen LogP contribution in [0.25, 0.3) is 0 Å². The van der Waals surface area contributed by atoms with Crippen LogP contribution in [-0.2, 0) is 30.3 Å². The zero-order valence-corrected chi connectivity index (χ0v) is 22.8. The molecule has 6 atom stereocenters. The number of imide groups is 2. The van der Waals surface area contributed by atoms with Crippen molar-refractivity contribution in [1.82, 2.24) is 4.90 Å². The first-order chi connectivity index (χ1) is 20.5. The van der Waals surface area contributed by atoms with Crippen LogP contribution in [-0.4, -0.2) is 35.6 Å². The molecular formula is C35H27N3O4. The molecule has 8 rings (SSSR count). The van der Waals surface area contributed by atoms with Crippen molar-refractivity contribution in [3.05, 3.63) is 132 Å². The molecule has 0 N–H and O–H groups in total. The minimum atomic E-state index is -1.24. The van der Waals surface area contributed by atoms with E-state index in [0.717, 1.165) is 11.1 Å². The third kappa shape index (κ3) is 2.70. The van der Waals surface area contributed by atoms with Gasteiger partial charge in [-0.25, -0.2) is 9.80 Å². The van der Waals surface area contributed by atoms with Crippen LogP contribution in [0.3, 0.4) is 0 Å². The summed E-state index contributed by atoms with van der Waals surface area (Å²) in [5.74, 6) is -4.91. The summed E-state index contributed by atoms with van der Waals surface area (Å²) < 4.78 is 0. The number of anilines is 2. The predicted octanol–water partition coefficient (Wildman–Crippen LogP) is 4.35. The van der Waals surface area contributed by atoms with Crippen molar-refractivity contribution in [2.75, 3.05) is 16.8 Å². The third-order valence-corrected chi connectivity index (χ3v) is 10.1. The lowest BCUT2D eigenvalue weighted by Gasteiger charge is -2.42. The molecule has 0 radical (unpaired) electrons. The Morgan fingerprint density at radius 1 is 0.429 bits per heavy atom. The molecule has 2 bridgehead atoms. The summed E-state index contributed by atoms with van der Waals surface area (Å²) in [5, 5.41) is 0. The standard InChI is InChI=1S/C35H27N3O4/c1-36-34(22-14-6-2-7-15-22)26-28(32(41)37(30(26)39)24-18-10-4-11-19-24)35(36,23-16-8-3-9-17-23)29-27(34)31(40)38(33(29)42)25-20-12-5-13-21-25/h2-21,26-29H,1H3/t26-,27-,28-,29+,34?,35?/m1/s1. The summed E-state index contributed by atoms with van der Waals surface area (Å²) >= 11 is 0.